The Morgan fingerprint density at radius 2 is 2.31 bits per heavy atom. The highest BCUT2D eigenvalue weighted by Gasteiger charge is 2.07. The van der Waals surface area contributed by atoms with Crippen LogP contribution in [0.3, 0.4) is 0 Å². The number of benzene rings is 1. The van der Waals surface area contributed by atoms with Crippen LogP contribution < -0.4 is 10.5 Å². The molecule has 2 N–H and O–H groups in total. The molecule has 84 valence electrons. The number of carbonyl (C=O) groups is 1. The summed E-state index contributed by atoms with van der Waals surface area (Å²) in [5, 5.41) is 0. The summed E-state index contributed by atoms with van der Waals surface area (Å²) in [5.74, 6) is 6.58. The minimum absolute atomic E-state index is 0.381. The largest absolute Gasteiger partial charge is 0.497 e. The van der Waals surface area contributed by atoms with Gasteiger partial charge in [0.25, 0.3) is 0 Å². The molecular formula is C12H13NO2S. The highest BCUT2D eigenvalue weighted by atomic mass is 32.1. The topological polar surface area (TPSA) is 52.3 Å². The fourth-order valence-electron chi connectivity index (χ4n) is 1.18. The highest BCUT2D eigenvalue weighted by molar-refractivity contribution is 7.80. The number of hydrogen-bond acceptors (Lipinski definition) is 3. The summed E-state index contributed by atoms with van der Waals surface area (Å²) in [4.78, 5) is 11.2. The molecule has 16 heavy (non-hydrogen) atoms. The lowest BCUT2D eigenvalue weighted by Gasteiger charge is -2.03. The number of amides is 1. The molecule has 0 aliphatic heterocycles. The Morgan fingerprint density at radius 1 is 1.56 bits per heavy atom. The summed E-state index contributed by atoms with van der Waals surface area (Å²) in [6, 6.07) is 5.06. The molecule has 1 amide bonds. The van der Waals surface area contributed by atoms with E-state index in [-0.39, 0.29) is 0 Å². The molecule has 0 bridgehead atoms. The first-order valence-corrected chi connectivity index (χ1v) is 5.40. The predicted molar refractivity (Wildman–Crippen MR) is 66.9 cm³/mol. The van der Waals surface area contributed by atoms with Gasteiger partial charge in [0.05, 0.1) is 12.7 Å². The van der Waals surface area contributed by atoms with Crippen molar-refractivity contribution in [1.82, 2.24) is 0 Å². The van der Waals surface area contributed by atoms with Gasteiger partial charge in [-0.2, -0.15) is 12.6 Å². The Labute approximate surface area is 100 Å². The second-order valence-corrected chi connectivity index (χ2v) is 3.50. The second kappa shape index (κ2) is 6.09. The zero-order valence-electron chi connectivity index (χ0n) is 8.99. The second-order valence-electron chi connectivity index (χ2n) is 3.05. The van der Waals surface area contributed by atoms with Crippen molar-refractivity contribution in [3.63, 3.8) is 0 Å². The quantitative estimate of drug-likeness (QED) is 0.615. The molecule has 0 aliphatic carbocycles. The molecule has 1 aromatic rings. The van der Waals surface area contributed by atoms with Crippen LogP contribution >= 0.6 is 12.6 Å². The van der Waals surface area contributed by atoms with Crippen LogP contribution in [0.5, 0.6) is 5.75 Å². The highest BCUT2D eigenvalue weighted by Crippen LogP contribution is 2.16. The van der Waals surface area contributed by atoms with Crippen LogP contribution in [-0.4, -0.2) is 18.8 Å². The number of ether oxygens (including phenoxy) is 1. The van der Waals surface area contributed by atoms with E-state index in [1.165, 1.54) is 7.11 Å². The first-order valence-electron chi connectivity index (χ1n) is 4.76. The number of primary amides is 1. The first kappa shape index (κ1) is 12.5. The average Bonchev–Trinajstić information content (AvgIpc) is 2.29. The number of nitrogens with two attached hydrogens (primary N) is 1. The summed E-state index contributed by atoms with van der Waals surface area (Å²) in [6.07, 6.45) is 0.674. The summed E-state index contributed by atoms with van der Waals surface area (Å²) in [5.41, 5.74) is 6.27. The SMILES string of the molecule is COc1ccc(C#CCCS)c(C(N)=O)c1. The Hall–Kier alpha value is -1.60. The van der Waals surface area contributed by atoms with E-state index in [0.29, 0.717) is 29.1 Å². The lowest BCUT2D eigenvalue weighted by Crippen LogP contribution is -2.13. The van der Waals surface area contributed by atoms with Crippen molar-refractivity contribution in [3.8, 4) is 17.6 Å². The third-order valence-electron chi connectivity index (χ3n) is 1.95. The van der Waals surface area contributed by atoms with Crippen LogP contribution in [0.4, 0.5) is 0 Å². The summed E-state index contributed by atoms with van der Waals surface area (Å²) in [7, 11) is 1.53. The molecule has 0 unspecified atom stereocenters. The van der Waals surface area contributed by atoms with E-state index in [1.807, 2.05) is 0 Å². The molecule has 4 heteroatoms. The maximum Gasteiger partial charge on any atom is 0.250 e. The van der Waals surface area contributed by atoms with Crippen LogP contribution in [0.1, 0.15) is 22.3 Å². The van der Waals surface area contributed by atoms with Gasteiger partial charge in [0, 0.05) is 17.7 Å². The smallest absolute Gasteiger partial charge is 0.250 e. The van der Waals surface area contributed by atoms with Crippen molar-refractivity contribution in [2.75, 3.05) is 12.9 Å². The Balaban J connectivity index is 3.09. The molecule has 1 rings (SSSR count). The number of hydrogen-bond donors (Lipinski definition) is 2. The standard InChI is InChI=1S/C12H13NO2S/c1-15-10-6-5-9(4-2-3-7-16)11(8-10)12(13)14/h5-6,8,16H,3,7H2,1H3,(H2,13,14). The molecule has 0 atom stereocenters. The maximum atomic E-state index is 11.2. The van der Waals surface area contributed by atoms with Crippen LogP contribution in [-0.2, 0) is 0 Å². The first-order chi connectivity index (χ1) is 7.69. The maximum absolute atomic E-state index is 11.2. The van der Waals surface area contributed by atoms with E-state index >= 15 is 0 Å². The number of methoxy groups -OCH3 is 1. The molecule has 3 nitrogen and oxygen atoms in total. The van der Waals surface area contributed by atoms with E-state index in [4.69, 9.17) is 10.5 Å². The third kappa shape index (κ3) is 3.21. The van der Waals surface area contributed by atoms with Gasteiger partial charge in [-0.25, -0.2) is 0 Å². The number of thiol groups is 1. The minimum atomic E-state index is -0.505. The van der Waals surface area contributed by atoms with Gasteiger partial charge in [0.15, 0.2) is 0 Å². The summed E-state index contributed by atoms with van der Waals surface area (Å²) >= 11 is 4.05. The molecule has 0 radical (unpaired) electrons. The Kier molecular flexibility index (Phi) is 4.74. The lowest BCUT2D eigenvalue weighted by atomic mass is 10.1. The molecule has 0 aromatic heterocycles. The minimum Gasteiger partial charge on any atom is -0.497 e. The van der Waals surface area contributed by atoms with Crippen LogP contribution in [0, 0.1) is 11.8 Å². The van der Waals surface area contributed by atoms with Crippen molar-refractivity contribution in [2.24, 2.45) is 5.73 Å². The predicted octanol–water partition coefficient (Wildman–Crippen LogP) is 1.47. The van der Waals surface area contributed by atoms with Crippen LogP contribution in [0.15, 0.2) is 18.2 Å². The monoisotopic (exact) mass is 235 g/mol. The van der Waals surface area contributed by atoms with Crippen molar-refractivity contribution < 1.29 is 9.53 Å². The van der Waals surface area contributed by atoms with E-state index in [9.17, 15) is 4.79 Å². The van der Waals surface area contributed by atoms with Crippen molar-refractivity contribution in [2.45, 2.75) is 6.42 Å². The van der Waals surface area contributed by atoms with Crippen molar-refractivity contribution in [1.29, 1.82) is 0 Å². The molecule has 0 saturated heterocycles. The van der Waals surface area contributed by atoms with Crippen LogP contribution in [0.2, 0.25) is 0 Å². The molecule has 0 aliphatic rings. The van der Waals surface area contributed by atoms with E-state index in [1.54, 1.807) is 18.2 Å². The Morgan fingerprint density at radius 3 is 2.88 bits per heavy atom. The van der Waals surface area contributed by atoms with Gasteiger partial charge >= 0.3 is 0 Å². The number of carbonyl (C=O) groups excluding carboxylic acids is 1. The fourth-order valence-corrected chi connectivity index (χ4v) is 1.29. The van der Waals surface area contributed by atoms with Gasteiger partial charge in [0.1, 0.15) is 5.75 Å². The average molecular weight is 235 g/mol. The molecule has 0 heterocycles. The zero-order valence-corrected chi connectivity index (χ0v) is 9.88. The Bertz CT molecular complexity index is 446. The van der Waals surface area contributed by atoms with Gasteiger partial charge in [-0.05, 0) is 18.2 Å². The summed E-state index contributed by atoms with van der Waals surface area (Å²) < 4.78 is 5.02. The van der Waals surface area contributed by atoms with E-state index < -0.39 is 5.91 Å². The van der Waals surface area contributed by atoms with Gasteiger partial charge in [-0.1, -0.05) is 11.8 Å². The third-order valence-corrected chi connectivity index (χ3v) is 2.18. The number of rotatable bonds is 3. The summed E-state index contributed by atoms with van der Waals surface area (Å²) in [6.45, 7) is 0. The lowest BCUT2D eigenvalue weighted by molar-refractivity contribution is 0.0999. The molecule has 1 aromatic carbocycles. The molecule has 0 spiro atoms. The molecule has 0 saturated carbocycles. The van der Waals surface area contributed by atoms with E-state index in [0.717, 1.165) is 0 Å². The van der Waals surface area contributed by atoms with Gasteiger partial charge < -0.3 is 10.5 Å². The fraction of sp³-hybridized carbons (Fsp3) is 0.250. The molecular weight excluding hydrogens is 222 g/mol. The van der Waals surface area contributed by atoms with Crippen molar-refractivity contribution >= 4 is 18.5 Å². The molecule has 0 fully saturated rings. The van der Waals surface area contributed by atoms with Gasteiger partial charge in [0.2, 0.25) is 5.91 Å². The van der Waals surface area contributed by atoms with Crippen LogP contribution in [0.25, 0.3) is 0 Å². The van der Waals surface area contributed by atoms with Crippen molar-refractivity contribution in [3.05, 3.63) is 29.3 Å². The van der Waals surface area contributed by atoms with E-state index in [2.05, 4.69) is 24.5 Å². The zero-order chi connectivity index (χ0) is 12.0. The van der Waals surface area contributed by atoms with Gasteiger partial charge in [-0.3, -0.25) is 4.79 Å². The normalized spacial score (nSPS) is 9.12. The van der Waals surface area contributed by atoms with Gasteiger partial charge in [-0.15, -0.1) is 0 Å².